The molecule has 2 aromatic rings. The number of nitrogens with one attached hydrogen (secondary N) is 1. The van der Waals surface area contributed by atoms with E-state index in [9.17, 15) is 4.79 Å². The van der Waals surface area contributed by atoms with Gasteiger partial charge in [0.05, 0.1) is 5.75 Å². The number of hydrogen-bond donors (Lipinski definition) is 1. The first-order chi connectivity index (χ1) is 11.5. The van der Waals surface area contributed by atoms with E-state index >= 15 is 0 Å². The summed E-state index contributed by atoms with van der Waals surface area (Å²) in [6.45, 7) is 2.66. The highest BCUT2D eigenvalue weighted by atomic mass is 35.5. The Hall–Kier alpha value is -1.24. The predicted octanol–water partition coefficient (Wildman–Crippen LogP) is 3.91. The molecule has 0 spiro atoms. The van der Waals surface area contributed by atoms with Crippen molar-refractivity contribution in [1.82, 2.24) is 20.1 Å². The van der Waals surface area contributed by atoms with Crippen molar-refractivity contribution in [3.63, 3.8) is 0 Å². The van der Waals surface area contributed by atoms with Gasteiger partial charge in [-0.25, -0.2) is 0 Å². The molecule has 1 amide bonds. The Balaban J connectivity index is 1.91. The molecule has 0 radical (unpaired) electrons. The number of amides is 1. The molecule has 0 aliphatic rings. The van der Waals surface area contributed by atoms with Crippen LogP contribution >= 0.6 is 35.0 Å². The van der Waals surface area contributed by atoms with Crippen LogP contribution in [0.15, 0.2) is 29.7 Å². The maximum absolute atomic E-state index is 12.1. The van der Waals surface area contributed by atoms with Gasteiger partial charge in [0.15, 0.2) is 5.16 Å². The molecule has 5 nitrogen and oxygen atoms in total. The van der Waals surface area contributed by atoms with E-state index in [4.69, 9.17) is 23.2 Å². The minimum absolute atomic E-state index is 0.0332. The van der Waals surface area contributed by atoms with Crippen molar-refractivity contribution in [2.45, 2.75) is 30.8 Å². The van der Waals surface area contributed by atoms with Crippen molar-refractivity contribution in [1.29, 1.82) is 0 Å². The standard InChI is InChI=1S/C16H20Cl2N4OS/c1-3-4-11(13-6-5-12(17)7-14(13)18)8-19-15(23)9-24-16-21-20-10-22(16)2/h5-7,10-11H,3-4,8-9H2,1-2H3,(H,19,23). The maximum Gasteiger partial charge on any atom is 0.230 e. The van der Waals surface area contributed by atoms with Crippen molar-refractivity contribution >= 4 is 40.9 Å². The zero-order valence-electron chi connectivity index (χ0n) is 13.6. The molecular formula is C16H20Cl2N4OS. The number of aryl methyl sites for hydroxylation is 1. The van der Waals surface area contributed by atoms with Gasteiger partial charge in [-0.2, -0.15) is 0 Å². The van der Waals surface area contributed by atoms with E-state index < -0.39 is 0 Å². The number of carbonyl (C=O) groups excluding carboxylic acids is 1. The summed E-state index contributed by atoms with van der Waals surface area (Å²) in [5, 5.41) is 12.7. The van der Waals surface area contributed by atoms with Crippen molar-refractivity contribution in [2.24, 2.45) is 7.05 Å². The molecule has 0 aliphatic carbocycles. The lowest BCUT2D eigenvalue weighted by Gasteiger charge is -2.19. The molecule has 0 fully saturated rings. The first kappa shape index (κ1) is 19.1. The van der Waals surface area contributed by atoms with Gasteiger partial charge >= 0.3 is 0 Å². The Bertz CT molecular complexity index is 692. The van der Waals surface area contributed by atoms with Crippen LogP contribution in [0.4, 0.5) is 0 Å². The topological polar surface area (TPSA) is 59.8 Å². The van der Waals surface area contributed by atoms with E-state index in [1.54, 1.807) is 17.0 Å². The van der Waals surface area contributed by atoms with Crippen molar-refractivity contribution in [3.8, 4) is 0 Å². The highest BCUT2D eigenvalue weighted by Crippen LogP contribution is 2.30. The lowest BCUT2D eigenvalue weighted by molar-refractivity contribution is -0.118. The molecule has 0 saturated heterocycles. The SMILES string of the molecule is CCCC(CNC(=O)CSc1nncn1C)c1ccc(Cl)cc1Cl. The molecule has 2 rings (SSSR count). The summed E-state index contributed by atoms with van der Waals surface area (Å²) >= 11 is 13.6. The first-order valence-electron chi connectivity index (χ1n) is 7.69. The fourth-order valence-corrected chi connectivity index (χ4v) is 3.65. The Morgan fingerprint density at radius 1 is 1.42 bits per heavy atom. The molecule has 1 unspecified atom stereocenters. The monoisotopic (exact) mass is 386 g/mol. The molecule has 24 heavy (non-hydrogen) atoms. The summed E-state index contributed by atoms with van der Waals surface area (Å²) in [6, 6.07) is 5.51. The van der Waals surface area contributed by atoms with Crippen LogP contribution in [0.5, 0.6) is 0 Å². The van der Waals surface area contributed by atoms with Crippen molar-refractivity contribution in [2.75, 3.05) is 12.3 Å². The Morgan fingerprint density at radius 3 is 2.83 bits per heavy atom. The van der Waals surface area contributed by atoms with Gasteiger partial charge in [0.25, 0.3) is 0 Å². The predicted molar refractivity (Wildman–Crippen MR) is 98.8 cm³/mol. The Kier molecular flexibility index (Phi) is 7.40. The second-order valence-corrected chi connectivity index (χ2v) is 7.25. The molecule has 1 aromatic heterocycles. The van der Waals surface area contributed by atoms with E-state index in [1.165, 1.54) is 11.8 Å². The van der Waals surface area contributed by atoms with Gasteiger partial charge in [-0.15, -0.1) is 10.2 Å². The van der Waals surface area contributed by atoms with Crippen LogP contribution in [0.25, 0.3) is 0 Å². The van der Waals surface area contributed by atoms with Crippen molar-refractivity contribution in [3.05, 3.63) is 40.1 Å². The molecule has 8 heteroatoms. The average Bonchev–Trinajstić information content (AvgIpc) is 2.95. The van der Waals surface area contributed by atoms with Gasteiger partial charge in [0, 0.05) is 29.6 Å². The number of hydrogen-bond acceptors (Lipinski definition) is 4. The second kappa shape index (κ2) is 9.30. The van der Waals surface area contributed by atoms with Gasteiger partial charge in [0.1, 0.15) is 6.33 Å². The third-order valence-electron chi connectivity index (χ3n) is 3.59. The second-order valence-electron chi connectivity index (χ2n) is 5.47. The number of carbonyl (C=O) groups is 1. The summed E-state index contributed by atoms with van der Waals surface area (Å²) in [4.78, 5) is 12.1. The van der Waals surface area contributed by atoms with E-state index in [-0.39, 0.29) is 11.8 Å². The maximum atomic E-state index is 12.1. The van der Waals surface area contributed by atoms with Gasteiger partial charge in [-0.3, -0.25) is 4.79 Å². The van der Waals surface area contributed by atoms with Crippen LogP contribution in [0.2, 0.25) is 10.0 Å². The number of thioether (sulfide) groups is 1. The molecule has 1 heterocycles. The highest BCUT2D eigenvalue weighted by Gasteiger charge is 2.16. The normalized spacial score (nSPS) is 12.2. The third kappa shape index (κ3) is 5.40. The zero-order chi connectivity index (χ0) is 17.5. The molecule has 0 saturated carbocycles. The fourth-order valence-electron chi connectivity index (χ4n) is 2.37. The summed E-state index contributed by atoms with van der Waals surface area (Å²) < 4.78 is 1.78. The molecular weight excluding hydrogens is 367 g/mol. The van der Waals surface area contributed by atoms with Crippen LogP contribution in [0.3, 0.4) is 0 Å². The van der Waals surface area contributed by atoms with Crippen LogP contribution in [-0.4, -0.2) is 33.0 Å². The number of benzene rings is 1. The average molecular weight is 387 g/mol. The Labute approximate surface area is 156 Å². The largest absolute Gasteiger partial charge is 0.355 e. The summed E-state index contributed by atoms with van der Waals surface area (Å²) in [5.74, 6) is 0.442. The third-order valence-corrected chi connectivity index (χ3v) is 5.18. The highest BCUT2D eigenvalue weighted by molar-refractivity contribution is 7.99. The number of aromatic nitrogens is 3. The van der Waals surface area contributed by atoms with E-state index in [2.05, 4.69) is 22.4 Å². The zero-order valence-corrected chi connectivity index (χ0v) is 16.0. The number of halogens is 2. The van der Waals surface area contributed by atoms with Crippen molar-refractivity contribution < 1.29 is 4.79 Å². The lowest BCUT2D eigenvalue weighted by atomic mass is 9.94. The summed E-state index contributed by atoms with van der Waals surface area (Å²) in [7, 11) is 1.85. The molecule has 1 atom stereocenters. The molecule has 130 valence electrons. The summed E-state index contributed by atoms with van der Waals surface area (Å²) in [5.41, 5.74) is 1.02. The van der Waals surface area contributed by atoms with E-state index in [0.29, 0.717) is 22.3 Å². The minimum atomic E-state index is -0.0332. The molecule has 0 aliphatic heterocycles. The fraction of sp³-hybridized carbons (Fsp3) is 0.438. The van der Waals surface area contributed by atoms with E-state index in [1.807, 2.05) is 19.2 Å². The van der Waals surface area contributed by atoms with Gasteiger partial charge in [-0.05, 0) is 24.1 Å². The smallest absolute Gasteiger partial charge is 0.230 e. The number of nitrogens with zero attached hydrogens (tertiary/aromatic N) is 3. The van der Waals surface area contributed by atoms with E-state index in [0.717, 1.165) is 23.6 Å². The Morgan fingerprint density at radius 2 is 2.21 bits per heavy atom. The first-order valence-corrected chi connectivity index (χ1v) is 9.43. The summed E-state index contributed by atoms with van der Waals surface area (Å²) in [6.07, 6.45) is 3.56. The lowest BCUT2D eigenvalue weighted by Crippen LogP contribution is -2.30. The number of rotatable bonds is 8. The van der Waals surface area contributed by atoms with Crippen LogP contribution in [0, 0.1) is 0 Å². The van der Waals surface area contributed by atoms with Crippen LogP contribution in [-0.2, 0) is 11.8 Å². The molecule has 1 aromatic carbocycles. The van der Waals surface area contributed by atoms with Crippen LogP contribution in [0.1, 0.15) is 31.2 Å². The quantitative estimate of drug-likeness (QED) is 0.698. The van der Waals surface area contributed by atoms with Gasteiger partial charge in [0.2, 0.25) is 5.91 Å². The van der Waals surface area contributed by atoms with Gasteiger partial charge < -0.3 is 9.88 Å². The minimum Gasteiger partial charge on any atom is -0.355 e. The molecule has 1 N–H and O–H groups in total. The van der Waals surface area contributed by atoms with Gasteiger partial charge in [-0.1, -0.05) is 54.4 Å². The molecule has 0 bridgehead atoms. The van der Waals surface area contributed by atoms with Crippen LogP contribution < -0.4 is 5.32 Å².